The molecule has 21 heavy (non-hydrogen) atoms. The molecule has 0 heterocycles. The highest BCUT2D eigenvalue weighted by Gasteiger charge is 2.16. The maximum absolute atomic E-state index is 11.9. The predicted molar refractivity (Wildman–Crippen MR) is 83.4 cm³/mol. The summed E-state index contributed by atoms with van der Waals surface area (Å²) in [5.74, 6) is -0.594. The number of ether oxygens (including phenoxy) is 3. The quantitative estimate of drug-likeness (QED) is 0.205. The van der Waals surface area contributed by atoms with Gasteiger partial charge in [0.05, 0.1) is 17.1 Å². The van der Waals surface area contributed by atoms with E-state index in [2.05, 4.69) is 0 Å². The second-order valence-corrected chi connectivity index (χ2v) is 5.18. The summed E-state index contributed by atoms with van der Waals surface area (Å²) in [6.07, 6.45) is 0.771. The highest BCUT2D eigenvalue weighted by atomic mass is 127. The summed E-state index contributed by atoms with van der Waals surface area (Å²) in [4.78, 5) is 22.0. The maximum atomic E-state index is 11.9. The minimum Gasteiger partial charge on any atom is -0.460 e. The van der Waals surface area contributed by atoms with Crippen molar-refractivity contribution in [1.29, 1.82) is 0 Å². The molecule has 0 amide bonds. The number of halogens is 1. The van der Waals surface area contributed by atoms with E-state index in [1.54, 1.807) is 7.11 Å². The maximum Gasteiger partial charge on any atom is 0.339 e. The van der Waals surface area contributed by atoms with Crippen molar-refractivity contribution in [3.05, 3.63) is 37.4 Å². The molecule has 0 spiro atoms. The molecule has 1 rings (SSSR count). The first-order chi connectivity index (χ1) is 10.1. The lowest BCUT2D eigenvalue weighted by Gasteiger charge is -2.07. The van der Waals surface area contributed by atoms with Crippen LogP contribution >= 0.6 is 22.6 Å². The van der Waals surface area contributed by atoms with Gasteiger partial charge in [-0.2, -0.15) is 0 Å². The number of rotatable bonds is 9. The van der Waals surface area contributed by atoms with Gasteiger partial charge in [-0.1, -0.05) is 0 Å². The molecule has 7 nitrogen and oxygen atoms in total. The number of hydrogen-bond donors (Lipinski definition) is 0. The number of carbonyl (C=O) groups excluding carboxylic acids is 1. The second-order valence-electron chi connectivity index (χ2n) is 4.02. The molecule has 116 valence electrons. The number of nitro groups is 1. The van der Waals surface area contributed by atoms with Crippen LogP contribution in [-0.2, 0) is 14.2 Å². The van der Waals surface area contributed by atoms with Gasteiger partial charge in [0.2, 0.25) is 0 Å². The van der Waals surface area contributed by atoms with E-state index in [1.807, 2.05) is 22.6 Å². The van der Waals surface area contributed by atoms with Crippen LogP contribution in [0, 0.1) is 13.7 Å². The Hall–Kier alpha value is -1.26. The van der Waals surface area contributed by atoms with Crippen LogP contribution in [0.15, 0.2) is 18.2 Å². The summed E-state index contributed by atoms with van der Waals surface area (Å²) in [6, 6.07) is 4.07. The van der Waals surface area contributed by atoms with Crippen LogP contribution in [0.2, 0.25) is 0 Å². The van der Waals surface area contributed by atoms with Crippen molar-refractivity contribution in [3.8, 4) is 0 Å². The molecular formula is C13H16INO6. The van der Waals surface area contributed by atoms with Crippen LogP contribution in [0.5, 0.6) is 0 Å². The molecule has 0 aromatic heterocycles. The predicted octanol–water partition coefficient (Wildman–Crippen LogP) is 2.41. The molecule has 0 saturated carbocycles. The van der Waals surface area contributed by atoms with Gasteiger partial charge in [-0.25, -0.2) is 4.79 Å². The van der Waals surface area contributed by atoms with E-state index in [0.717, 1.165) is 6.42 Å². The number of hydrogen-bond acceptors (Lipinski definition) is 6. The van der Waals surface area contributed by atoms with Crippen LogP contribution in [0.1, 0.15) is 16.8 Å². The number of nitro benzene ring substituents is 1. The molecule has 0 atom stereocenters. The van der Waals surface area contributed by atoms with Gasteiger partial charge in [0.15, 0.2) is 0 Å². The Kier molecular flexibility index (Phi) is 8.16. The third-order valence-corrected chi connectivity index (χ3v) is 3.42. The van der Waals surface area contributed by atoms with Crippen molar-refractivity contribution < 1.29 is 23.9 Å². The molecule has 0 saturated heterocycles. The summed E-state index contributed by atoms with van der Waals surface area (Å²) in [5, 5.41) is 10.7. The number of methoxy groups -OCH3 is 1. The molecule has 1 aromatic rings. The average molecular weight is 409 g/mol. The van der Waals surface area contributed by atoms with E-state index in [0.29, 0.717) is 16.8 Å². The molecule has 1 aromatic carbocycles. The number of carbonyl (C=O) groups is 1. The largest absolute Gasteiger partial charge is 0.460 e. The van der Waals surface area contributed by atoms with Gasteiger partial charge in [0, 0.05) is 36.0 Å². The molecule has 0 fully saturated rings. The molecule has 0 aliphatic rings. The van der Waals surface area contributed by atoms with Gasteiger partial charge in [0.1, 0.15) is 6.61 Å². The summed E-state index contributed by atoms with van der Waals surface area (Å²) in [6.45, 7) is 1.52. The number of non-ortho nitro benzene ring substituents is 1. The Morgan fingerprint density at radius 1 is 1.29 bits per heavy atom. The molecule has 0 bridgehead atoms. The number of benzene rings is 1. The van der Waals surface area contributed by atoms with Crippen molar-refractivity contribution in [1.82, 2.24) is 0 Å². The van der Waals surface area contributed by atoms with E-state index in [1.165, 1.54) is 18.2 Å². The molecule has 8 heteroatoms. The minimum atomic E-state index is -0.594. The standard InChI is InChI=1S/C13H16INO6/c1-19-5-2-6-20-7-8-21-13(16)11-9-10(15(17)18)3-4-12(11)14/h3-4,9H,2,5-8H2,1H3. The zero-order valence-corrected chi connectivity index (χ0v) is 13.7. The van der Waals surface area contributed by atoms with Gasteiger partial charge in [-0.3, -0.25) is 10.1 Å². The van der Waals surface area contributed by atoms with E-state index in [9.17, 15) is 14.9 Å². The molecule has 0 N–H and O–H groups in total. The van der Waals surface area contributed by atoms with Crippen molar-refractivity contribution >= 4 is 34.2 Å². The van der Waals surface area contributed by atoms with Gasteiger partial charge in [-0.15, -0.1) is 0 Å². The Balaban J connectivity index is 2.41. The van der Waals surface area contributed by atoms with Crippen molar-refractivity contribution in [2.45, 2.75) is 6.42 Å². The lowest BCUT2D eigenvalue weighted by Crippen LogP contribution is -2.13. The lowest BCUT2D eigenvalue weighted by atomic mass is 10.2. The fourth-order valence-electron chi connectivity index (χ4n) is 1.46. The van der Waals surface area contributed by atoms with Crippen molar-refractivity contribution in [2.75, 3.05) is 33.5 Å². The molecule has 0 unspecified atom stereocenters. The normalized spacial score (nSPS) is 10.4. The highest BCUT2D eigenvalue weighted by molar-refractivity contribution is 14.1. The smallest absolute Gasteiger partial charge is 0.339 e. The minimum absolute atomic E-state index is 0.102. The molecule has 0 aliphatic carbocycles. The second kappa shape index (κ2) is 9.64. The van der Waals surface area contributed by atoms with E-state index < -0.39 is 10.9 Å². The van der Waals surface area contributed by atoms with E-state index >= 15 is 0 Å². The van der Waals surface area contributed by atoms with Gasteiger partial charge < -0.3 is 14.2 Å². The highest BCUT2D eigenvalue weighted by Crippen LogP contribution is 2.20. The fourth-order valence-corrected chi connectivity index (χ4v) is 2.02. The molecule has 0 aliphatic heterocycles. The monoisotopic (exact) mass is 409 g/mol. The zero-order chi connectivity index (χ0) is 15.7. The van der Waals surface area contributed by atoms with Crippen LogP contribution in [-0.4, -0.2) is 44.4 Å². The Morgan fingerprint density at radius 2 is 2.05 bits per heavy atom. The fraction of sp³-hybridized carbons (Fsp3) is 0.462. The SMILES string of the molecule is COCCCOCCOC(=O)c1cc([N+](=O)[O-])ccc1I. The summed E-state index contributed by atoms with van der Waals surface area (Å²) < 4.78 is 15.7. The summed E-state index contributed by atoms with van der Waals surface area (Å²) >= 11 is 1.93. The molecule has 0 radical (unpaired) electrons. The Morgan fingerprint density at radius 3 is 2.71 bits per heavy atom. The Labute approximate surface area is 135 Å². The van der Waals surface area contributed by atoms with E-state index in [4.69, 9.17) is 14.2 Å². The van der Waals surface area contributed by atoms with Crippen LogP contribution in [0.3, 0.4) is 0 Å². The van der Waals surface area contributed by atoms with E-state index in [-0.39, 0.29) is 24.5 Å². The third kappa shape index (κ3) is 6.36. The first-order valence-corrected chi connectivity index (χ1v) is 7.32. The van der Waals surface area contributed by atoms with Gasteiger partial charge in [0.25, 0.3) is 5.69 Å². The van der Waals surface area contributed by atoms with Crippen LogP contribution in [0.25, 0.3) is 0 Å². The summed E-state index contributed by atoms with van der Waals surface area (Å²) in [7, 11) is 1.61. The molecular weight excluding hydrogens is 393 g/mol. The van der Waals surface area contributed by atoms with Crippen molar-refractivity contribution in [2.24, 2.45) is 0 Å². The van der Waals surface area contributed by atoms with Crippen LogP contribution in [0.4, 0.5) is 5.69 Å². The summed E-state index contributed by atoms with van der Waals surface area (Å²) in [5.41, 5.74) is 0.0439. The van der Waals surface area contributed by atoms with Crippen LogP contribution < -0.4 is 0 Å². The average Bonchev–Trinajstić information content (AvgIpc) is 2.46. The third-order valence-electron chi connectivity index (χ3n) is 2.48. The number of esters is 1. The first kappa shape index (κ1) is 17.8. The Bertz CT molecular complexity index is 494. The topological polar surface area (TPSA) is 87.9 Å². The lowest BCUT2D eigenvalue weighted by molar-refractivity contribution is -0.384. The first-order valence-electron chi connectivity index (χ1n) is 6.24. The van der Waals surface area contributed by atoms with Gasteiger partial charge in [-0.05, 0) is 35.1 Å². The van der Waals surface area contributed by atoms with Gasteiger partial charge >= 0.3 is 5.97 Å². The van der Waals surface area contributed by atoms with Crippen molar-refractivity contribution in [3.63, 3.8) is 0 Å². The zero-order valence-electron chi connectivity index (χ0n) is 11.5. The number of nitrogens with zero attached hydrogens (tertiary/aromatic N) is 1.